The highest BCUT2D eigenvalue weighted by molar-refractivity contribution is 6.31. The molecule has 24 heavy (non-hydrogen) atoms. The van der Waals surface area contributed by atoms with E-state index in [1.807, 2.05) is 18.2 Å². The fraction of sp³-hybridized carbons (Fsp3) is 0.389. The Labute approximate surface area is 147 Å². The lowest BCUT2D eigenvalue weighted by atomic mass is 10.00. The largest absolute Gasteiger partial charge is 0.348 e. The number of carbonyl (C=O) groups is 1. The summed E-state index contributed by atoms with van der Waals surface area (Å²) < 4.78 is 0. The Kier molecular flexibility index (Phi) is 5.30. The molecule has 2 heterocycles. The molecule has 1 aromatic heterocycles. The van der Waals surface area contributed by atoms with Gasteiger partial charge < -0.3 is 10.2 Å². The fourth-order valence-electron chi connectivity index (χ4n) is 2.73. The highest BCUT2D eigenvalue weighted by Crippen LogP contribution is 2.19. The second-order valence-corrected chi connectivity index (χ2v) is 6.62. The molecule has 0 aliphatic carbocycles. The molecule has 1 saturated heterocycles. The molecule has 0 unspecified atom stereocenters. The Balaban J connectivity index is 1.59. The third-order valence-electron chi connectivity index (χ3n) is 4.36. The van der Waals surface area contributed by atoms with Crippen molar-refractivity contribution in [2.24, 2.45) is 5.92 Å². The number of carbonyl (C=O) groups excluding carboxylic acids is 1. The summed E-state index contributed by atoms with van der Waals surface area (Å²) in [5, 5.41) is 3.49. The van der Waals surface area contributed by atoms with Crippen LogP contribution in [0.25, 0.3) is 0 Å². The molecule has 1 aliphatic rings. The number of anilines is 1. The molecule has 0 bridgehead atoms. The summed E-state index contributed by atoms with van der Waals surface area (Å²) in [6.07, 6.45) is 5.48. The smallest absolute Gasteiger partial charge is 0.254 e. The van der Waals surface area contributed by atoms with Crippen LogP contribution in [0.2, 0.25) is 5.02 Å². The van der Waals surface area contributed by atoms with Crippen molar-refractivity contribution in [2.45, 2.75) is 26.3 Å². The van der Waals surface area contributed by atoms with Gasteiger partial charge in [-0.05, 0) is 30.4 Å². The van der Waals surface area contributed by atoms with E-state index < -0.39 is 0 Å². The molecule has 126 valence electrons. The van der Waals surface area contributed by atoms with Gasteiger partial charge in [-0.2, -0.15) is 0 Å². The summed E-state index contributed by atoms with van der Waals surface area (Å²) in [6, 6.07) is 7.45. The predicted molar refractivity (Wildman–Crippen MR) is 95.3 cm³/mol. The quantitative estimate of drug-likeness (QED) is 0.924. The second kappa shape index (κ2) is 7.62. The Morgan fingerprint density at radius 3 is 2.58 bits per heavy atom. The molecule has 0 radical (unpaired) electrons. The molecule has 1 N–H and O–H groups in total. The topological polar surface area (TPSA) is 58.1 Å². The van der Waals surface area contributed by atoms with E-state index in [1.54, 1.807) is 18.5 Å². The van der Waals surface area contributed by atoms with Gasteiger partial charge in [0, 0.05) is 37.1 Å². The van der Waals surface area contributed by atoms with Crippen molar-refractivity contribution in [3.63, 3.8) is 0 Å². The maximum atomic E-state index is 12.2. The average Bonchev–Trinajstić information content (AvgIpc) is 2.62. The van der Waals surface area contributed by atoms with E-state index in [0.717, 1.165) is 37.4 Å². The fourth-order valence-corrected chi connectivity index (χ4v) is 2.93. The Bertz CT molecular complexity index is 696. The number of hydrogen-bond acceptors (Lipinski definition) is 4. The van der Waals surface area contributed by atoms with E-state index in [2.05, 4.69) is 27.1 Å². The predicted octanol–water partition coefficient (Wildman–Crippen LogP) is 3.30. The molecule has 0 atom stereocenters. The Morgan fingerprint density at radius 2 is 1.92 bits per heavy atom. The molecule has 1 fully saturated rings. The van der Waals surface area contributed by atoms with Crippen LogP contribution in [0, 0.1) is 5.92 Å². The van der Waals surface area contributed by atoms with Crippen LogP contribution in [-0.2, 0) is 6.54 Å². The molecule has 1 aliphatic heterocycles. The molecule has 1 aromatic carbocycles. The van der Waals surface area contributed by atoms with Crippen molar-refractivity contribution >= 4 is 23.5 Å². The molecular formula is C18H21ClN4O. The lowest BCUT2D eigenvalue weighted by molar-refractivity contribution is 0.0950. The lowest BCUT2D eigenvalue weighted by Gasteiger charge is -2.30. The molecule has 0 saturated carbocycles. The van der Waals surface area contributed by atoms with Crippen molar-refractivity contribution in [1.82, 2.24) is 15.3 Å². The van der Waals surface area contributed by atoms with Gasteiger partial charge in [0.25, 0.3) is 5.91 Å². The monoisotopic (exact) mass is 344 g/mol. The van der Waals surface area contributed by atoms with E-state index in [1.165, 1.54) is 0 Å². The van der Waals surface area contributed by atoms with Gasteiger partial charge in [-0.1, -0.05) is 36.7 Å². The highest BCUT2D eigenvalue weighted by atomic mass is 35.5. The van der Waals surface area contributed by atoms with Gasteiger partial charge in [-0.3, -0.25) is 4.79 Å². The number of benzene rings is 1. The van der Waals surface area contributed by atoms with Crippen LogP contribution in [0.1, 0.15) is 35.7 Å². The van der Waals surface area contributed by atoms with Gasteiger partial charge in [0.05, 0.1) is 5.56 Å². The van der Waals surface area contributed by atoms with Crippen molar-refractivity contribution in [1.29, 1.82) is 0 Å². The van der Waals surface area contributed by atoms with Crippen LogP contribution in [0.5, 0.6) is 0 Å². The number of piperidine rings is 1. The first-order valence-corrected chi connectivity index (χ1v) is 8.60. The number of amides is 1. The second-order valence-electron chi connectivity index (χ2n) is 6.22. The van der Waals surface area contributed by atoms with Gasteiger partial charge >= 0.3 is 0 Å². The zero-order valence-electron chi connectivity index (χ0n) is 13.7. The summed E-state index contributed by atoms with van der Waals surface area (Å²) in [7, 11) is 0. The molecule has 5 nitrogen and oxygen atoms in total. The molecule has 3 rings (SSSR count). The number of halogens is 1. The van der Waals surface area contributed by atoms with E-state index in [-0.39, 0.29) is 5.91 Å². The number of nitrogens with one attached hydrogen (secondary N) is 1. The Morgan fingerprint density at radius 1 is 1.25 bits per heavy atom. The van der Waals surface area contributed by atoms with Gasteiger partial charge in [0.15, 0.2) is 0 Å². The van der Waals surface area contributed by atoms with E-state index in [0.29, 0.717) is 23.1 Å². The van der Waals surface area contributed by atoms with Crippen molar-refractivity contribution in [3.8, 4) is 0 Å². The zero-order chi connectivity index (χ0) is 16.9. The Hall–Kier alpha value is -2.14. The summed E-state index contributed by atoms with van der Waals surface area (Å²) in [5.41, 5.74) is 1.34. The standard InChI is InChI=1S/C18H21ClN4O/c1-13-6-8-23(9-7-13)18-21-11-15(12-22-18)17(24)20-10-14-4-2-3-5-16(14)19/h2-5,11-13H,6-10H2,1H3,(H,20,24). The number of aromatic nitrogens is 2. The third-order valence-corrected chi connectivity index (χ3v) is 4.73. The minimum Gasteiger partial charge on any atom is -0.348 e. The van der Waals surface area contributed by atoms with Crippen molar-refractivity contribution < 1.29 is 4.79 Å². The van der Waals surface area contributed by atoms with Crippen LogP contribution in [0.3, 0.4) is 0 Å². The van der Waals surface area contributed by atoms with Gasteiger partial charge in [0.1, 0.15) is 0 Å². The highest BCUT2D eigenvalue weighted by Gasteiger charge is 2.18. The van der Waals surface area contributed by atoms with Crippen molar-refractivity contribution in [3.05, 3.63) is 52.8 Å². The third kappa shape index (κ3) is 4.03. The van der Waals surface area contributed by atoms with Gasteiger partial charge in [0.2, 0.25) is 5.95 Å². The summed E-state index contributed by atoms with van der Waals surface area (Å²) in [4.78, 5) is 23.1. The first-order chi connectivity index (χ1) is 11.6. The number of hydrogen-bond donors (Lipinski definition) is 1. The molecule has 1 amide bonds. The first-order valence-electron chi connectivity index (χ1n) is 8.22. The van der Waals surface area contributed by atoms with Crippen LogP contribution >= 0.6 is 11.6 Å². The van der Waals surface area contributed by atoms with Crippen LogP contribution in [-0.4, -0.2) is 29.0 Å². The van der Waals surface area contributed by atoms with Gasteiger partial charge in [-0.25, -0.2) is 9.97 Å². The molecule has 0 spiro atoms. The van der Waals surface area contributed by atoms with Gasteiger partial charge in [-0.15, -0.1) is 0 Å². The van der Waals surface area contributed by atoms with Crippen LogP contribution in [0.15, 0.2) is 36.7 Å². The molecule has 2 aromatic rings. The summed E-state index contributed by atoms with van der Waals surface area (Å²) in [6.45, 7) is 4.59. The van der Waals surface area contributed by atoms with Crippen molar-refractivity contribution in [2.75, 3.05) is 18.0 Å². The van der Waals surface area contributed by atoms with E-state index >= 15 is 0 Å². The minimum atomic E-state index is -0.200. The minimum absolute atomic E-state index is 0.200. The SMILES string of the molecule is CC1CCN(c2ncc(C(=O)NCc3ccccc3Cl)cn2)CC1. The average molecular weight is 345 g/mol. The maximum absolute atomic E-state index is 12.2. The zero-order valence-corrected chi connectivity index (χ0v) is 14.5. The first kappa shape index (κ1) is 16.7. The summed E-state index contributed by atoms with van der Waals surface area (Å²) >= 11 is 6.09. The molecule has 6 heteroatoms. The maximum Gasteiger partial charge on any atom is 0.254 e. The number of rotatable bonds is 4. The summed E-state index contributed by atoms with van der Waals surface area (Å²) in [5.74, 6) is 1.26. The number of nitrogens with zero attached hydrogens (tertiary/aromatic N) is 3. The van der Waals surface area contributed by atoms with E-state index in [4.69, 9.17) is 11.6 Å². The molecular weight excluding hydrogens is 324 g/mol. The van der Waals surface area contributed by atoms with E-state index in [9.17, 15) is 4.79 Å². The lowest BCUT2D eigenvalue weighted by Crippen LogP contribution is -2.34. The van der Waals surface area contributed by atoms with Crippen LogP contribution in [0.4, 0.5) is 5.95 Å². The normalized spacial score (nSPS) is 15.3. The van der Waals surface area contributed by atoms with Crippen LogP contribution < -0.4 is 10.2 Å².